The maximum Gasteiger partial charge on any atom is 0.231 e. The second kappa shape index (κ2) is 7.04. The van der Waals surface area contributed by atoms with Crippen molar-refractivity contribution in [3.05, 3.63) is 28.2 Å². The lowest BCUT2D eigenvalue weighted by Crippen LogP contribution is -2.47. The average molecular weight is 379 g/mol. The van der Waals surface area contributed by atoms with Gasteiger partial charge in [0, 0.05) is 36.2 Å². The van der Waals surface area contributed by atoms with Gasteiger partial charge in [-0.05, 0) is 49.4 Å². The van der Waals surface area contributed by atoms with Gasteiger partial charge in [0.2, 0.25) is 11.8 Å². The lowest BCUT2D eigenvalue weighted by molar-refractivity contribution is -0.134. The molecule has 0 aromatic heterocycles. The predicted octanol–water partition coefficient (Wildman–Crippen LogP) is 3.38. The number of likely N-dealkylation sites (tertiary alicyclic amines) is 1. The van der Waals surface area contributed by atoms with E-state index in [2.05, 4.69) is 22.0 Å². The summed E-state index contributed by atoms with van der Waals surface area (Å²) in [6.07, 6.45) is 4.34. The summed E-state index contributed by atoms with van der Waals surface area (Å²) in [5.41, 5.74) is 2.28. The van der Waals surface area contributed by atoms with E-state index < -0.39 is 0 Å². The van der Waals surface area contributed by atoms with Crippen LogP contribution in [-0.4, -0.2) is 36.3 Å². The zero-order valence-electron chi connectivity index (χ0n) is 13.6. The zero-order valence-corrected chi connectivity index (χ0v) is 15.1. The Balaban J connectivity index is 1.77. The topological polar surface area (TPSA) is 40.6 Å². The molecule has 0 bridgehead atoms. The first-order valence-electron chi connectivity index (χ1n) is 8.47. The number of aryl methyl sites for hydroxylation is 1. The number of benzene rings is 1. The van der Waals surface area contributed by atoms with Gasteiger partial charge in [-0.2, -0.15) is 0 Å². The minimum atomic E-state index is -0.0613. The van der Waals surface area contributed by atoms with Crippen LogP contribution in [-0.2, 0) is 16.0 Å². The lowest BCUT2D eigenvalue weighted by Gasteiger charge is -2.37. The van der Waals surface area contributed by atoms with E-state index in [9.17, 15) is 9.59 Å². The number of hydrogen-bond donors (Lipinski definition) is 0. The highest BCUT2D eigenvalue weighted by Gasteiger charge is 2.33. The first-order chi connectivity index (χ1) is 11.1. The Kier molecular flexibility index (Phi) is 5.05. The number of anilines is 1. The monoisotopic (exact) mass is 378 g/mol. The quantitative estimate of drug-likeness (QED) is 0.791. The summed E-state index contributed by atoms with van der Waals surface area (Å²) in [6.45, 7) is 4.03. The minimum Gasteiger partial charge on any atom is -0.342 e. The normalized spacial score (nSPS) is 21.0. The van der Waals surface area contributed by atoms with Gasteiger partial charge in [-0.1, -0.05) is 22.9 Å². The first-order valence-corrected chi connectivity index (χ1v) is 9.27. The third kappa shape index (κ3) is 3.44. The largest absolute Gasteiger partial charge is 0.342 e. The fraction of sp³-hybridized carbons (Fsp3) is 0.556. The lowest BCUT2D eigenvalue weighted by atomic mass is 9.94. The number of hydrogen-bond acceptors (Lipinski definition) is 2. The van der Waals surface area contributed by atoms with Crippen molar-refractivity contribution >= 4 is 33.4 Å². The molecule has 1 aromatic rings. The molecule has 2 amide bonds. The molecule has 1 aromatic carbocycles. The van der Waals surface area contributed by atoms with E-state index in [4.69, 9.17) is 0 Å². The second-order valence-corrected chi connectivity index (χ2v) is 7.31. The maximum atomic E-state index is 13.0. The van der Waals surface area contributed by atoms with Crippen molar-refractivity contribution in [3.8, 4) is 0 Å². The van der Waals surface area contributed by atoms with Crippen LogP contribution in [0.4, 0.5) is 5.69 Å². The van der Waals surface area contributed by atoms with Crippen LogP contribution in [0, 0.1) is 5.92 Å². The molecule has 0 spiro atoms. The van der Waals surface area contributed by atoms with E-state index in [-0.39, 0.29) is 17.7 Å². The van der Waals surface area contributed by atoms with Crippen LogP contribution >= 0.6 is 15.9 Å². The number of piperidine rings is 1. The van der Waals surface area contributed by atoms with Crippen LogP contribution in [0.2, 0.25) is 0 Å². The predicted molar refractivity (Wildman–Crippen MR) is 94.4 cm³/mol. The molecule has 1 atom stereocenters. The molecule has 2 aliphatic heterocycles. The molecule has 1 fully saturated rings. The Morgan fingerprint density at radius 3 is 2.87 bits per heavy atom. The van der Waals surface area contributed by atoms with Crippen LogP contribution < -0.4 is 4.90 Å². The Morgan fingerprint density at radius 2 is 2.09 bits per heavy atom. The van der Waals surface area contributed by atoms with Crippen molar-refractivity contribution in [2.24, 2.45) is 5.92 Å². The highest BCUT2D eigenvalue weighted by molar-refractivity contribution is 9.10. The summed E-state index contributed by atoms with van der Waals surface area (Å²) in [6, 6.07) is 6.15. The molecule has 0 radical (unpaired) electrons. The molecule has 1 saturated heterocycles. The van der Waals surface area contributed by atoms with E-state index >= 15 is 0 Å². The standard InChI is InChI=1S/C18H23BrN2O2/c1-2-17(22)20-9-3-6-14(12-20)18(23)21-10-4-5-13-11-15(19)7-8-16(13)21/h7-8,11,14H,2-6,9-10,12H2,1H3. The van der Waals surface area contributed by atoms with Gasteiger partial charge in [-0.25, -0.2) is 0 Å². The van der Waals surface area contributed by atoms with E-state index in [1.807, 2.05) is 28.9 Å². The van der Waals surface area contributed by atoms with Crippen molar-refractivity contribution < 1.29 is 9.59 Å². The molecule has 0 aliphatic carbocycles. The van der Waals surface area contributed by atoms with Gasteiger partial charge in [0.1, 0.15) is 0 Å². The second-order valence-electron chi connectivity index (χ2n) is 6.40. The summed E-state index contributed by atoms with van der Waals surface area (Å²) in [5.74, 6) is 0.279. The molecule has 0 saturated carbocycles. The Morgan fingerprint density at radius 1 is 1.26 bits per heavy atom. The smallest absolute Gasteiger partial charge is 0.231 e. The molecule has 124 valence electrons. The van der Waals surface area contributed by atoms with E-state index in [1.54, 1.807) is 0 Å². The van der Waals surface area contributed by atoms with Crippen LogP contribution in [0.25, 0.3) is 0 Å². The highest BCUT2D eigenvalue weighted by atomic mass is 79.9. The molecule has 3 rings (SSSR count). The summed E-state index contributed by atoms with van der Waals surface area (Å²) in [4.78, 5) is 28.8. The minimum absolute atomic E-state index is 0.0613. The first kappa shape index (κ1) is 16.5. The summed E-state index contributed by atoms with van der Waals surface area (Å²) in [7, 11) is 0. The number of halogens is 1. The van der Waals surface area contributed by atoms with Crippen LogP contribution in [0.15, 0.2) is 22.7 Å². The maximum absolute atomic E-state index is 13.0. The van der Waals surface area contributed by atoms with E-state index in [0.29, 0.717) is 13.0 Å². The molecular weight excluding hydrogens is 356 g/mol. The number of fused-ring (bicyclic) bond motifs is 1. The van der Waals surface area contributed by atoms with Crippen LogP contribution in [0.3, 0.4) is 0 Å². The highest BCUT2D eigenvalue weighted by Crippen LogP contribution is 2.32. The number of amides is 2. The Hall–Kier alpha value is -1.36. The molecule has 0 N–H and O–H groups in total. The fourth-order valence-electron chi connectivity index (χ4n) is 3.64. The number of rotatable bonds is 2. The number of carbonyl (C=O) groups is 2. The molecule has 1 unspecified atom stereocenters. The third-order valence-corrected chi connectivity index (χ3v) is 5.35. The number of nitrogens with zero attached hydrogens (tertiary/aromatic N) is 2. The molecule has 23 heavy (non-hydrogen) atoms. The molecule has 2 aliphatic rings. The Labute approximate surface area is 146 Å². The van der Waals surface area contributed by atoms with Crippen LogP contribution in [0.1, 0.15) is 38.2 Å². The number of carbonyl (C=O) groups excluding carboxylic acids is 2. The van der Waals surface area contributed by atoms with Gasteiger partial charge in [0.05, 0.1) is 5.92 Å². The molecular formula is C18H23BrN2O2. The fourth-order valence-corrected chi connectivity index (χ4v) is 4.05. The molecule has 5 heteroatoms. The average Bonchev–Trinajstić information content (AvgIpc) is 2.59. The van der Waals surface area contributed by atoms with Crippen molar-refractivity contribution in [1.82, 2.24) is 4.90 Å². The molecule has 2 heterocycles. The van der Waals surface area contributed by atoms with Gasteiger partial charge in [-0.15, -0.1) is 0 Å². The summed E-state index contributed by atoms with van der Waals surface area (Å²) < 4.78 is 1.06. The summed E-state index contributed by atoms with van der Waals surface area (Å²) >= 11 is 3.51. The third-order valence-electron chi connectivity index (χ3n) is 4.85. The van der Waals surface area contributed by atoms with Crippen molar-refractivity contribution in [3.63, 3.8) is 0 Å². The Bertz CT molecular complexity index is 617. The van der Waals surface area contributed by atoms with Gasteiger partial charge in [0.25, 0.3) is 0 Å². The SMILES string of the molecule is CCC(=O)N1CCCC(C(=O)N2CCCc3cc(Br)ccc32)C1. The van der Waals surface area contributed by atoms with E-state index in [0.717, 1.165) is 48.9 Å². The van der Waals surface area contributed by atoms with Crippen LogP contribution in [0.5, 0.6) is 0 Å². The van der Waals surface area contributed by atoms with Crippen molar-refractivity contribution in [1.29, 1.82) is 0 Å². The van der Waals surface area contributed by atoms with Crippen molar-refractivity contribution in [2.45, 2.75) is 39.0 Å². The van der Waals surface area contributed by atoms with Gasteiger partial charge in [0.15, 0.2) is 0 Å². The van der Waals surface area contributed by atoms with Crippen molar-refractivity contribution in [2.75, 3.05) is 24.5 Å². The van der Waals surface area contributed by atoms with Gasteiger partial charge < -0.3 is 9.80 Å². The van der Waals surface area contributed by atoms with Gasteiger partial charge in [-0.3, -0.25) is 9.59 Å². The van der Waals surface area contributed by atoms with Gasteiger partial charge >= 0.3 is 0 Å². The van der Waals surface area contributed by atoms with E-state index in [1.165, 1.54) is 5.56 Å². The summed E-state index contributed by atoms with van der Waals surface area (Å²) in [5, 5.41) is 0. The molecule has 4 nitrogen and oxygen atoms in total. The zero-order chi connectivity index (χ0) is 16.4.